The summed E-state index contributed by atoms with van der Waals surface area (Å²) in [5.74, 6) is -0.0238. The Labute approximate surface area is 110 Å². The fraction of sp³-hybridized carbons (Fsp3) is 0.385. The van der Waals surface area contributed by atoms with Gasteiger partial charge < -0.3 is 0 Å². The summed E-state index contributed by atoms with van der Waals surface area (Å²) < 4.78 is 1.07. The molecule has 0 unspecified atom stereocenters. The van der Waals surface area contributed by atoms with Crippen molar-refractivity contribution in [2.75, 3.05) is 20.1 Å². The number of likely N-dealkylation sites (N-methyl/N-ethyl adjacent to an activating group) is 1. The topological polar surface area (TPSA) is 44.1 Å². The first-order valence-corrected chi connectivity index (χ1v) is 6.22. The molecule has 0 aromatic heterocycles. The van der Waals surface area contributed by atoms with Crippen molar-refractivity contribution in [1.82, 2.24) is 4.90 Å². The zero-order chi connectivity index (χ0) is 12.7. The first-order valence-electron chi connectivity index (χ1n) is 5.43. The number of ketones is 1. The number of nitriles is 1. The third-order valence-corrected chi connectivity index (χ3v) is 2.89. The number of benzene rings is 1. The lowest BCUT2D eigenvalue weighted by Gasteiger charge is -2.14. The largest absolute Gasteiger partial charge is 0.299 e. The van der Waals surface area contributed by atoms with Crippen LogP contribution in [0.2, 0.25) is 0 Å². The molecular weight excluding hydrogens is 280 g/mol. The summed E-state index contributed by atoms with van der Waals surface area (Å²) in [4.78, 5) is 13.2. The smallest absolute Gasteiger partial charge is 0.160 e. The molecule has 0 fully saturated rings. The van der Waals surface area contributed by atoms with Crippen molar-refractivity contribution in [3.8, 4) is 6.07 Å². The van der Waals surface area contributed by atoms with Crippen LogP contribution in [-0.2, 0) is 11.2 Å². The number of halogens is 1. The molecule has 0 radical (unpaired) electrons. The molecule has 0 aliphatic carbocycles. The molecule has 0 aliphatic rings. The summed E-state index contributed by atoms with van der Waals surface area (Å²) in [6, 6.07) is 10.0. The Morgan fingerprint density at radius 1 is 1.53 bits per heavy atom. The summed E-state index contributed by atoms with van der Waals surface area (Å²) in [7, 11) is 1.90. The van der Waals surface area contributed by atoms with Crippen LogP contribution < -0.4 is 0 Å². The minimum Gasteiger partial charge on any atom is -0.299 e. The molecule has 0 N–H and O–H groups in total. The van der Waals surface area contributed by atoms with Crippen LogP contribution in [-0.4, -0.2) is 30.8 Å². The Balaban J connectivity index is 2.36. The molecular formula is C13H15BrN2O. The van der Waals surface area contributed by atoms with Crippen molar-refractivity contribution in [1.29, 1.82) is 5.26 Å². The van der Waals surface area contributed by atoms with Crippen LogP contribution >= 0.6 is 15.9 Å². The molecule has 1 aromatic rings. The normalized spacial score (nSPS) is 10.2. The summed E-state index contributed by atoms with van der Waals surface area (Å²) in [5.41, 5.74) is 1.24. The molecule has 3 nitrogen and oxygen atoms in total. The molecule has 0 spiro atoms. The van der Waals surface area contributed by atoms with Gasteiger partial charge in [-0.15, -0.1) is 0 Å². The lowest BCUT2D eigenvalue weighted by Crippen LogP contribution is -2.27. The molecule has 1 aromatic carbocycles. The zero-order valence-corrected chi connectivity index (χ0v) is 11.4. The van der Waals surface area contributed by atoms with Gasteiger partial charge in [-0.05, 0) is 31.2 Å². The minimum absolute atomic E-state index is 0.00122. The highest BCUT2D eigenvalue weighted by Crippen LogP contribution is 2.12. The van der Waals surface area contributed by atoms with Crippen LogP contribution in [0.15, 0.2) is 28.7 Å². The number of carbonyl (C=O) groups excluding carboxylic acids is 1. The van der Waals surface area contributed by atoms with Crippen LogP contribution in [0.5, 0.6) is 0 Å². The Bertz CT molecular complexity index is 426. The molecule has 0 amide bonds. The minimum atomic E-state index is -0.0238. The van der Waals surface area contributed by atoms with E-state index >= 15 is 0 Å². The van der Waals surface area contributed by atoms with E-state index in [1.165, 1.54) is 5.56 Å². The van der Waals surface area contributed by atoms with Crippen molar-refractivity contribution < 1.29 is 4.79 Å². The van der Waals surface area contributed by atoms with Crippen LogP contribution in [0.4, 0.5) is 0 Å². The number of carbonyl (C=O) groups is 1. The Hall–Kier alpha value is -1.18. The fourth-order valence-corrected chi connectivity index (χ4v) is 1.98. The second kappa shape index (κ2) is 7.21. The van der Waals surface area contributed by atoms with Gasteiger partial charge in [-0.1, -0.05) is 28.1 Å². The van der Waals surface area contributed by atoms with Crippen LogP contribution in [0.3, 0.4) is 0 Å². The third-order valence-electron chi connectivity index (χ3n) is 2.39. The van der Waals surface area contributed by atoms with E-state index in [9.17, 15) is 4.79 Å². The summed E-state index contributed by atoms with van der Waals surface area (Å²) in [5, 5.41) is 8.39. The monoisotopic (exact) mass is 294 g/mol. The zero-order valence-electron chi connectivity index (χ0n) is 9.82. The molecule has 17 heavy (non-hydrogen) atoms. The van der Waals surface area contributed by atoms with Gasteiger partial charge in [-0.25, -0.2) is 0 Å². The number of hydrogen-bond acceptors (Lipinski definition) is 3. The van der Waals surface area contributed by atoms with E-state index in [4.69, 9.17) is 5.26 Å². The number of rotatable bonds is 6. The standard InChI is InChI=1S/C13H15BrN2O/c1-16(10-13(17)5-7-15)8-6-11-3-2-4-12(14)9-11/h2-4,9H,5-6,8,10H2,1H3. The third kappa shape index (κ3) is 5.62. The highest BCUT2D eigenvalue weighted by atomic mass is 79.9. The molecule has 1 rings (SSSR count). The van der Waals surface area contributed by atoms with E-state index < -0.39 is 0 Å². The fourth-order valence-electron chi connectivity index (χ4n) is 1.54. The lowest BCUT2D eigenvalue weighted by molar-refractivity contribution is -0.118. The van der Waals surface area contributed by atoms with E-state index in [1.807, 2.05) is 30.1 Å². The van der Waals surface area contributed by atoms with E-state index in [0.29, 0.717) is 6.54 Å². The predicted octanol–water partition coefficient (Wildman–Crippen LogP) is 2.41. The number of nitrogens with zero attached hydrogens (tertiary/aromatic N) is 2. The van der Waals surface area contributed by atoms with Gasteiger partial charge in [0.05, 0.1) is 19.0 Å². The maximum atomic E-state index is 11.2. The van der Waals surface area contributed by atoms with Gasteiger partial charge in [0.2, 0.25) is 0 Å². The number of Topliss-reactive ketones (excluding diaryl/α,β-unsaturated/α-hetero) is 1. The van der Waals surface area contributed by atoms with Gasteiger partial charge >= 0.3 is 0 Å². The van der Waals surface area contributed by atoms with Crippen molar-refractivity contribution in [2.45, 2.75) is 12.8 Å². The first kappa shape index (κ1) is 13.9. The van der Waals surface area contributed by atoms with Gasteiger partial charge in [0.15, 0.2) is 5.78 Å². The van der Waals surface area contributed by atoms with E-state index in [2.05, 4.69) is 28.1 Å². The van der Waals surface area contributed by atoms with Gasteiger partial charge in [-0.3, -0.25) is 9.69 Å². The Kier molecular flexibility index (Phi) is 5.88. The number of hydrogen-bond donors (Lipinski definition) is 0. The van der Waals surface area contributed by atoms with Gasteiger partial charge in [0.1, 0.15) is 0 Å². The molecule has 0 heterocycles. The second-order valence-corrected chi connectivity index (χ2v) is 4.91. The first-order chi connectivity index (χ1) is 8.11. The quantitative estimate of drug-likeness (QED) is 0.809. The molecule has 0 saturated carbocycles. The summed E-state index contributed by atoms with van der Waals surface area (Å²) in [6.07, 6.45) is 0.900. The molecule has 0 aliphatic heterocycles. The van der Waals surface area contributed by atoms with Gasteiger partial charge in [0.25, 0.3) is 0 Å². The molecule has 0 saturated heterocycles. The molecule has 4 heteroatoms. The van der Waals surface area contributed by atoms with E-state index in [0.717, 1.165) is 17.4 Å². The molecule has 0 bridgehead atoms. The average molecular weight is 295 g/mol. The van der Waals surface area contributed by atoms with E-state index in [1.54, 1.807) is 0 Å². The second-order valence-electron chi connectivity index (χ2n) is 3.99. The van der Waals surface area contributed by atoms with Crippen molar-refractivity contribution >= 4 is 21.7 Å². The maximum Gasteiger partial charge on any atom is 0.160 e. The SMILES string of the molecule is CN(CCc1cccc(Br)c1)CC(=O)CC#N. The highest BCUT2D eigenvalue weighted by molar-refractivity contribution is 9.10. The maximum absolute atomic E-state index is 11.2. The van der Waals surface area contributed by atoms with Crippen LogP contribution in [0.25, 0.3) is 0 Å². The average Bonchev–Trinajstić information content (AvgIpc) is 2.27. The van der Waals surface area contributed by atoms with E-state index in [-0.39, 0.29) is 12.2 Å². The lowest BCUT2D eigenvalue weighted by atomic mass is 10.1. The van der Waals surface area contributed by atoms with Crippen molar-refractivity contribution in [3.05, 3.63) is 34.3 Å². The Morgan fingerprint density at radius 3 is 2.94 bits per heavy atom. The summed E-state index contributed by atoms with van der Waals surface area (Å²) in [6.45, 7) is 1.16. The van der Waals surface area contributed by atoms with Crippen molar-refractivity contribution in [2.24, 2.45) is 0 Å². The highest BCUT2D eigenvalue weighted by Gasteiger charge is 2.06. The van der Waals surface area contributed by atoms with Crippen molar-refractivity contribution in [3.63, 3.8) is 0 Å². The summed E-state index contributed by atoms with van der Waals surface area (Å²) >= 11 is 3.43. The van der Waals surface area contributed by atoms with Gasteiger partial charge in [-0.2, -0.15) is 5.26 Å². The van der Waals surface area contributed by atoms with Crippen LogP contribution in [0.1, 0.15) is 12.0 Å². The van der Waals surface area contributed by atoms with Gasteiger partial charge in [0, 0.05) is 11.0 Å². The molecule has 90 valence electrons. The van der Waals surface area contributed by atoms with Crippen LogP contribution in [0, 0.1) is 11.3 Å². The predicted molar refractivity (Wildman–Crippen MR) is 70.6 cm³/mol. The molecule has 0 atom stereocenters. The Morgan fingerprint density at radius 2 is 2.29 bits per heavy atom.